The van der Waals surface area contributed by atoms with Gasteiger partial charge in [0.15, 0.2) is 0 Å². The number of hydrogen-bond acceptors (Lipinski definition) is 3. The summed E-state index contributed by atoms with van der Waals surface area (Å²) in [5.41, 5.74) is 4.91. The summed E-state index contributed by atoms with van der Waals surface area (Å²) in [7, 11) is 1.92. The summed E-state index contributed by atoms with van der Waals surface area (Å²) in [6.45, 7) is 3.44. The zero-order chi connectivity index (χ0) is 15.5. The average Bonchev–Trinajstić information content (AvgIpc) is 3.07. The molecule has 2 heterocycles. The summed E-state index contributed by atoms with van der Waals surface area (Å²) in [5.74, 6) is -0.243. The molecule has 0 aliphatic rings. The predicted molar refractivity (Wildman–Crippen MR) is 82.5 cm³/mol. The highest BCUT2D eigenvalue weighted by atomic mass is 19.1. The fourth-order valence-electron chi connectivity index (χ4n) is 2.37. The van der Waals surface area contributed by atoms with Gasteiger partial charge < -0.3 is 5.32 Å². The van der Waals surface area contributed by atoms with Crippen LogP contribution >= 0.6 is 0 Å². The highest BCUT2D eigenvalue weighted by molar-refractivity contribution is 5.58. The van der Waals surface area contributed by atoms with E-state index in [-0.39, 0.29) is 5.82 Å². The van der Waals surface area contributed by atoms with Crippen LogP contribution in [0.5, 0.6) is 0 Å². The van der Waals surface area contributed by atoms with Crippen LogP contribution in [0.4, 0.5) is 4.39 Å². The van der Waals surface area contributed by atoms with Crippen LogP contribution < -0.4 is 5.32 Å². The molecular formula is C16H18FN5. The first-order valence-corrected chi connectivity index (χ1v) is 7.12. The van der Waals surface area contributed by atoms with Crippen molar-refractivity contribution in [1.82, 2.24) is 25.3 Å². The lowest BCUT2D eigenvalue weighted by Crippen LogP contribution is -2.13. The maximum atomic E-state index is 12.9. The first kappa shape index (κ1) is 14.5. The summed E-state index contributed by atoms with van der Waals surface area (Å²) in [6.07, 6.45) is 2.01. The van der Waals surface area contributed by atoms with Crippen LogP contribution in [0.15, 0.2) is 36.5 Å². The van der Waals surface area contributed by atoms with Crippen LogP contribution in [0, 0.1) is 12.7 Å². The maximum Gasteiger partial charge on any atom is 0.123 e. The van der Waals surface area contributed by atoms with Crippen molar-refractivity contribution < 1.29 is 4.39 Å². The lowest BCUT2D eigenvalue weighted by Gasteiger charge is -2.01. The van der Waals surface area contributed by atoms with Gasteiger partial charge in [-0.3, -0.25) is 9.78 Å². The molecule has 2 aromatic heterocycles. The number of H-pyrrole nitrogens is 1. The molecular weight excluding hydrogens is 281 g/mol. The van der Waals surface area contributed by atoms with E-state index < -0.39 is 0 Å². The summed E-state index contributed by atoms with van der Waals surface area (Å²) < 4.78 is 14.7. The van der Waals surface area contributed by atoms with Crippen LogP contribution in [-0.2, 0) is 20.1 Å². The summed E-state index contributed by atoms with van der Waals surface area (Å²) >= 11 is 0. The highest BCUT2D eigenvalue weighted by Crippen LogP contribution is 2.18. The zero-order valence-corrected chi connectivity index (χ0v) is 12.6. The molecule has 1 aromatic carbocycles. The number of nitrogens with zero attached hydrogens (tertiary/aromatic N) is 3. The van der Waals surface area contributed by atoms with Crippen LogP contribution in [0.1, 0.15) is 17.0 Å². The van der Waals surface area contributed by atoms with E-state index in [2.05, 4.69) is 20.6 Å². The van der Waals surface area contributed by atoms with Gasteiger partial charge in [-0.05, 0) is 37.3 Å². The number of hydrogen-bond donors (Lipinski definition) is 2. The molecule has 2 N–H and O–H groups in total. The largest absolute Gasteiger partial charge is 0.307 e. The number of halogens is 1. The Morgan fingerprint density at radius 2 is 2.00 bits per heavy atom. The molecule has 0 unspecified atom stereocenters. The summed E-state index contributed by atoms with van der Waals surface area (Å²) in [4.78, 5) is 0. The quantitative estimate of drug-likeness (QED) is 0.761. The van der Waals surface area contributed by atoms with Crippen LogP contribution in [0.2, 0.25) is 0 Å². The third-order valence-electron chi connectivity index (χ3n) is 3.52. The van der Waals surface area contributed by atoms with Crippen molar-refractivity contribution in [2.75, 3.05) is 0 Å². The number of rotatable bonds is 5. The topological polar surface area (TPSA) is 58.5 Å². The zero-order valence-electron chi connectivity index (χ0n) is 12.6. The van der Waals surface area contributed by atoms with E-state index in [9.17, 15) is 4.39 Å². The third-order valence-corrected chi connectivity index (χ3v) is 3.52. The molecule has 5 nitrogen and oxygen atoms in total. The molecule has 114 valence electrons. The summed E-state index contributed by atoms with van der Waals surface area (Å²) in [5, 5.41) is 14.9. The van der Waals surface area contributed by atoms with Crippen molar-refractivity contribution >= 4 is 0 Å². The highest BCUT2D eigenvalue weighted by Gasteiger charge is 2.06. The second-order valence-corrected chi connectivity index (χ2v) is 5.30. The lowest BCUT2D eigenvalue weighted by atomic mass is 10.1. The fourth-order valence-corrected chi connectivity index (χ4v) is 2.37. The van der Waals surface area contributed by atoms with E-state index in [4.69, 9.17) is 0 Å². The van der Waals surface area contributed by atoms with Crippen molar-refractivity contribution in [2.45, 2.75) is 20.0 Å². The lowest BCUT2D eigenvalue weighted by molar-refractivity contribution is 0.628. The first-order chi connectivity index (χ1) is 10.6. The van der Waals surface area contributed by atoms with Crippen LogP contribution in [-0.4, -0.2) is 20.0 Å². The SMILES string of the molecule is Cc1nn(C)cc1CNCc1cc(-c2ccc(F)cc2)n[nH]1. The molecule has 0 spiro atoms. The van der Waals surface area contributed by atoms with Gasteiger partial charge in [0, 0.05) is 43.2 Å². The molecule has 0 fully saturated rings. The second-order valence-electron chi connectivity index (χ2n) is 5.30. The van der Waals surface area contributed by atoms with Crippen molar-refractivity contribution in [3.63, 3.8) is 0 Å². The number of aryl methyl sites for hydroxylation is 2. The van der Waals surface area contributed by atoms with Crippen molar-refractivity contribution in [3.05, 3.63) is 59.3 Å². The van der Waals surface area contributed by atoms with Gasteiger partial charge in [0.25, 0.3) is 0 Å². The average molecular weight is 299 g/mol. The van der Waals surface area contributed by atoms with Crippen LogP contribution in [0.3, 0.4) is 0 Å². The van der Waals surface area contributed by atoms with E-state index in [1.165, 1.54) is 17.7 Å². The Kier molecular flexibility index (Phi) is 4.02. The van der Waals surface area contributed by atoms with Crippen molar-refractivity contribution in [3.8, 4) is 11.3 Å². The minimum Gasteiger partial charge on any atom is -0.307 e. The van der Waals surface area contributed by atoms with Gasteiger partial charge in [-0.1, -0.05) is 0 Å². The van der Waals surface area contributed by atoms with Gasteiger partial charge in [0.05, 0.1) is 11.4 Å². The van der Waals surface area contributed by atoms with Gasteiger partial charge in [0.2, 0.25) is 0 Å². The monoisotopic (exact) mass is 299 g/mol. The normalized spacial score (nSPS) is 11.0. The van der Waals surface area contributed by atoms with E-state index in [1.54, 1.807) is 12.1 Å². The van der Waals surface area contributed by atoms with Crippen LogP contribution in [0.25, 0.3) is 11.3 Å². The molecule has 0 saturated heterocycles. The fraction of sp³-hybridized carbons (Fsp3) is 0.250. The predicted octanol–water partition coefficient (Wildman–Crippen LogP) is 2.55. The molecule has 0 radical (unpaired) electrons. The van der Waals surface area contributed by atoms with E-state index in [1.807, 2.05) is 30.9 Å². The Morgan fingerprint density at radius 3 is 2.68 bits per heavy atom. The third kappa shape index (κ3) is 3.23. The Bertz CT molecular complexity index is 757. The number of benzene rings is 1. The van der Waals surface area contributed by atoms with Gasteiger partial charge in [-0.2, -0.15) is 10.2 Å². The smallest absolute Gasteiger partial charge is 0.123 e. The Morgan fingerprint density at radius 1 is 1.23 bits per heavy atom. The Hall–Kier alpha value is -2.47. The summed E-state index contributed by atoms with van der Waals surface area (Å²) in [6, 6.07) is 8.29. The van der Waals surface area contributed by atoms with Crippen molar-refractivity contribution in [1.29, 1.82) is 0 Å². The second kappa shape index (κ2) is 6.11. The minimum atomic E-state index is -0.243. The van der Waals surface area contributed by atoms with Gasteiger partial charge in [0.1, 0.15) is 5.82 Å². The molecule has 0 bridgehead atoms. The molecule has 0 amide bonds. The number of nitrogens with one attached hydrogen (secondary N) is 2. The Labute approximate surface area is 128 Å². The Balaban J connectivity index is 1.60. The molecule has 6 heteroatoms. The molecule has 0 aliphatic heterocycles. The van der Waals surface area contributed by atoms with E-state index >= 15 is 0 Å². The van der Waals surface area contributed by atoms with E-state index in [0.29, 0.717) is 6.54 Å². The molecule has 22 heavy (non-hydrogen) atoms. The van der Waals surface area contributed by atoms with Crippen molar-refractivity contribution in [2.24, 2.45) is 7.05 Å². The molecule has 3 aromatic rings. The number of aromatic nitrogens is 4. The van der Waals surface area contributed by atoms with Gasteiger partial charge >= 0.3 is 0 Å². The first-order valence-electron chi connectivity index (χ1n) is 7.12. The molecule has 0 atom stereocenters. The molecule has 0 saturated carbocycles. The maximum absolute atomic E-state index is 12.9. The molecule has 0 aliphatic carbocycles. The number of aromatic amines is 1. The van der Waals surface area contributed by atoms with E-state index in [0.717, 1.165) is 29.2 Å². The van der Waals surface area contributed by atoms with Gasteiger partial charge in [-0.25, -0.2) is 4.39 Å². The van der Waals surface area contributed by atoms with Gasteiger partial charge in [-0.15, -0.1) is 0 Å². The standard InChI is InChI=1S/C16H18FN5/c1-11-13(10-22(2)21-11)8-18-9-15-7-16(20-19-15)12-3-5-14(17)6-4-12/h3-7,10,18H,8-9H2,1-2H3,(H,19,20). The molecule has 3 rings (SSSR count). The minimum absolute atomic E-state index is 0.243.